The molecular weight excluding hydrogens is 324 g/mol. The van der Waals surface area contributed by atoms with Gasteiger partial charge in [0.15, 0.2) is 0 Å². The van der Waals surface area contributed by atoms with Crippen molar-refractivity contribution in [3.8, 4) is 0 Å². The smallest absolute Gasteiger partial charge is 0.150 e. The number of rotatable bonds is 2. The van der Waals surface area contributed by atoms with Gasteiger partial charge in [0, 0.05) is 0 Å². The molecule has 0 spiro atoms. The number of benzene rings is 1. The monoisotopic (exact) mass is 330 g/mol. The first kappa shape index (κ1) is 11.6. The lowest BCUT2D eigenvalue weighted by Gasteiger charge is -2.02. The van der Waals surface area contributed by atoms with Crippen molar-refractivity contribution < 1.29 is 8.78 Å². The highest BCUT2D eigenvalue weighted by molar-refractivity contribution is 14.1. The number of amidine groups is 1. The SMILES string of the molecule is NC(CCl)=Nc1c(F)ccc(F)c1I. The summed E-state index contributed by atoms with van der Waals surface area (Å²) in [6.45, 7) is 0. The number of aliphatic imine (C=N–C) groups is 1. The maximum absolute atomic E-state index is 13.1. The van der Waals surface area contributed by atoms with Gasteiger partial charge in [0.05, 0.1) is 9.45 Å². The van der Waals surface area contributed by atoms with Crippen LogP contribution < -0.4 is 5.73 Å². The van der Waals surface area contributed by atoms with E-state index in [1.54, 1.807) is 22.6 Å². The Morgan fingerprint density at radius 1 is 1.43 bits per heavy atom. The molecule has 0 radical (unpaired) electrons. The van der Waals surface area contributed by atoms with Crippen molar-refractivity contribution in [2.75, 3.05) is 5.88 Å². The fourth-order valence-corrected chi connectivity index (χ4v) is 1.41. The van der Waals surface area contributed by atoms with Gasteiger partial charge in [-0.3, -0.25) is 0 Å². The van der Waals surface area contributed by atoms with Gasteiger partial charge in [0.2, 0.25) is 0 Å². The summed E-state index contributed by atoms with van der Waals surface area (Å²) in [5, 5.41) is 0. The Bertz CT molecular complexity index is 382. The molecule has 0 aromatic heterocycles. The average Bonchev–Trinajstić information content (AvgIpc) is 2.18. The van der Waals surface area contributed by atoms with Crippen LogP contribution >= 0.6 is 34.2 Å². The molecule has 76 valence electrons. The van der Waals surface area contributed by atoms with Gasteiger partial charge >= 0.3 is 0 Å². The highest BCUT2D eigenvalue weighted by Crippen LogP contribution is 2.27. The van der Waals surface area contributed by atoms with Gasteiger partial charge in [0.25, 0.3) is 0 Å². The van der Waals surface area contributed by atoms with Crippen molar-refractivity contribution in [3.63, 3.8) is 0 Å². The molecule has 0 unspecified atom stereocenters. The Morgan fingerprint density at radius 2 is 2.00 bits per heavy atom. The molecule has 0 fully saturated rings. The number of halogens is 4. The molecule has 2 nitrogen and oxygen atoms in total. The van der Waals surface area contributed by atoms with E-state index in [1.165, 1.54) is 0 Å². The largest absolute Gasteiger partial charge is 0.386 e. The Balaban J connectivity index is 3.26. The van der Waals surface area contributed by atoms with E-state index in [4.69, 9.17) is 17.3 Å². The Labute approximate surface area is 98.3 Å². The van der Waals surface area contributed by atoms with Crippen molar-refractivity contribution in [1.82, 2.24) is 0 Å². The summed E-state index contributed by atoms with van der Waals surface area (Å²) in [6, 6.07) is 2.03. The average molecular weight is 331 g/mol. The Hall–Kier alpha value is -0.430. The third-order valence-electron chi connectivity index (χ3n) is 1.41. The summed E-state index contributed by atoms with van der Waals surface area (Å²) in [7, 11) is 0. The molecule has 1 aromatic carbocycles. The fourth-order valence-electron chi connectivity index (χ4n) is 0.792. The zero-order valence-corrected chi connectivity index (χ0v) is 9.81. The zero-order chi connectivity index (χ0) is 10.7. The highest BCUT2D eigenvalue weighted by atomic mass is 127. The van der Waals surface area contributed by atoms with E-state index >= 15 is 0 Å². The molecule has 0 atom stereocenters. The minimum atomic E-state index is -0.621. The van der Waals surface area contributed by atoms with Crippen LogP contribution in [0.5, 0.6) is 0 Å². The fraction of sp³-hybridized carbons (Fsp3) is 0.125. The number of nitrogens with two attached hydrogens (primary N) is 1. The summed E-state index contributed by atoms with van der Waals surface area (Å²) in [5.74, 6) is -1.13. The molecule has 0 saturated carbocycles. The Kier molecular flexibility index (Phi) is 4.06. The second-order valence-corrected chi connectivity index (χ2v) is 3.77. The summed E-state index contributed by atoms with van der Waals surface area (Å²) < 4.78 is 26.2. The van der Waals surface area contributed by atoms with Crippen LogP contribution in [0.2, 0.25) is 0 Å². The number of hydrogen-bond donors (Lipinski definition) is 1. The Morgan fingerprint density at radius 3 is 2.57 bits per heavy atom. The van der Waals surface area contributed by atoms with E-state index < -0.39 is 11.6 Å². The first-order chi connectivity index (χ1) is 6.56. The lowest BCUT2D eigenvalue weighted by molar-refractivity contribution is 0.596. The van der Waals surface area contributed by atoms with E-state index in [9.17, 15) is 8.78 Å². The van der Waals surface area contributed by atoms with Crippen molar-refractivity contribution >= 4 is 45.7 Å². The molecule has 0 aliphatic rings. The molecule has 14 heavy (non-hydrogen) atoms. The molecule has 0 aliphatic heterocycles. The van der Waals surface area contributed by atoms with Crippen LogP contribution in [0.1, 0.15) is 0 Å². The standard InChI is InChI=1S/C8H6ClF2IN2/c9-3-6(13)14-8-5(11)2-1-4(10)7(8)12/h1-2H,3H2,(H2,13,14). The summed E-state index contributed by atoms with van der Waals surface area (Å²) in [4.78, 5) is 3.68. The van der Waals surface area contributed by atoms with Crippen molar-refractivity contribution in [1.29, 1.82) is 0 Å². The van der Waals surface area contributed by atoms with Crippen LogP contribution in [-0.2, 0) is 0 Å². The van der Waals surface area contributed by atoms with Gasteiger partial charge in [-0.25, -0.2) is 13.8 Å². The van der Waals surface area contributed by atoms with E-state index in [-0.39, 0.29) is 21.0 Å². The summed E-state index contributed by atoms with van der Waals surface area (Å²) in [6.07, 6.45) is 0. The molecule has 0 aliphatic carbocycles. The van der Waals surface area contributed by atoms with Crippen LogP contribution in [0.25, 0.3) is 0 Å². The molecule has 2 N–H and O–H groups in total. The second-order valence-electron chi connectivity index (χ2n) is 2.43. The lowest BCUT2D eigenvalue weighted by atomic mass is 10.3. The number of nitrogens with zero attached hydrogens (tertiary/aromatic N) is 1. The molecule has 0 amide bonds. The van der Waals surface area contributed by atoms with E-state index in [0.29, 0.717) is 0 Å². The second kappa shape index (κ2) is 4.88. The lowest BCUT2D eigenvalue weighted by Crippen LogP contribution is -2.12. The highest BCUT2D eigenvalue weighted by Gasteiger charge is 2.10. The van der Waals surface area contributed by atoms with Crippen LogP contribution in [0.15, 0.2) is 17.1 Å². The zero-order valence-electron chi connectivity index (χ0n) is 6.90. The normalized spacial score (nSPS) is 11.9. The molecule has 1 aromatic rings. The molecule has 0 heterocycles. The summed E-state index contributed by atoms with van der Waals surface area (Å²) >= 11 is 7.03. The van der Waals surface area contributed by atoms with Crippen molar-refractivity contribution in [3.05, 3.63) is 27.3 Å². The van der Waals surface area contributed by atoms with Gasteiger partial charge in [0.1, 0.15) is 23.2 Å². The molecule has 0 saturated heterocycles. The van der Waals surface area contributed by atoms with E-state index in [2.05, 4.69) is 4.99 Å². The van der Waals surface area contributed by atoms with Gasteiger partial charge in [-0.05, 0) is 34.7 Å². The number of hydrogen-bond acceptors (Lipinski definition) is 1. The van der Waals surface area contributed by atoms with Crippen LogP contribution in [0.4, 0.5) is 14.5 Å². The predicted molar refractivity (Wildman–Crippen MR) is 61.1 cm³/mol. The van der Waals surface area contributed by atoms with Crippen LogP contribution in [-0.4, -0.2) is 11.7 Å². The quantitative estimate of drug-likeness (QED) is 0.292. The van der Waals surface area contributed by atoms with E-state index in [1.807, 2.05) is 0 Å². The first-order valence-electron chi connectivity index (χ1n) is 3.58. The topological polar surface area (TPSA) is 38.4 Å². The maximum atomic E-state index is 13.1. The molecule has 0 bridgehead atoms. The molecule has 6 heteroatoms. The molecule has 1 rings (SSSR count). The van der Waals surface area contributed by atoms with Gasteiger partial charge in [-0.2, -0.15) is 0 Å². The van der Waals surface area contributed by atoms with Gasteiger partial charge < -0.3 is 5.73 Å². The van der Waals surface area contributed by atoms with Crippen molar-refractivity contribution in [2.24, 2.45) is 10.7 Å². The third kappa shape index (κ3) is 2.54. The maximum Gasteiger partial charge on any atom is 0.150 e. The summed E-state index contributed by atoms with van der Waals surface area (Å²) in [5.41, 5.74) is 5.21. The third-order valence-corrected chi connectivity index (χ3v) is 2.71. The van der Waals surface area contributed by atoms with Crippen LogP contribution in [0.3, 0.4) is 0 Å². The minimum absolute atomic E-state index is 0.0218. The van der Waals surface area contributed by atoms with Crippen LogP contribution in [0, 0.1) is 15.2 Å². The first-order valence-corrected chi connectivity index (χ1v) is 5.20. The van der Waals surface area contributed by atoms with Crippen molar-refractivity contribution in [2.45, 2.75) is 0 Å². The molecular formula is C8H6ClF2IN2. The minimum Gasteiger partial charge on any atom is -0.386 e. The number of alkyl halides is 1. The van der Waals surface area contributed by atoms with Gasteiger partial charge in [-0.1, -0.05) is 0 Å². The van der Waals surface area contributed by atoms with Gasteiger partial charge in [-0.15, -0.1) is 11.6 Å². The van der Waals surface area contributed by atoms with E-state index in [0.717, 1.165) is 12.1 Å². The predicted octanol–water partition coefficient (Wildman–Crippen LogP) is 2.80.